The standard InChI is InChI=1S/C17H27N3O2/c1-13-4-2-3-9-20(13)12-15-5-6-16(22-15)17(21)19-10-7-14(18)8-11-19/h5-6,13-14H,2-4,7-12,18H2,1H3. The molecular formula is C17H27N3O2. The Morgan fingerprint density at radius 1 is 1.23 bits per heavy atom. The normalized spacial score (nSPS) is 24.6. The number of amides is 1. The van der Waals surface area contributed by atoms with Crippen molar-refractivity contribution in [1.29, 1.82) is 0 Å². The summed E-state index contributed by atoms with van der Waals surface area (Å²) in [5, 5.41) is 0. The molecule has 2 aliphatic rings. The molecule has 122 valence electrons. The van der Waals surface area contributed by atoms with Crippen molar-refractivity contribution < 1.29 is 9.21 Å². The van der Waals surface area contributed by atoms with Gasteiger partial charge in [0, 0.05) is 25.2 Å². The van der Waals surface area contributed by atoms with Crippen LogP contribution in [0.3, 0.4) is 0 Å². The molecule has 3 heterocycles. The van der Waals surface area contributed by atoms with Crippen LogP contribution in [-0.2, 0) is 6.54 Å². The molecule has 0 aromatic carbocycles. The molecule has 0 bridgehead atoms. The lowest BCUT2D eigenvalue weighted by molar-refractivity contribution is 0.0676. The van der Waals surface area contributed by atoms with Crippen LogP contribution in [0, 0.1) is 0 Å². The Balaban J connectivity index is 1.59. The smallest absolute Gasteiger partial charge is 0.289 e. The van der Waals surface area contributed by atoms with Gasteiger partial charge in [-0.05, 0) is 51.3 Å². The molecule has 1 atom stereocenters. The van der Waals surface area contributed by atoms with Crippen LogP contribution in [0.1, 0.15) is 55.3 Å². The van der Waals surface area contributed by atoms with Crippen LogP contribution in [0.15, 0.2) is 16.5 Å². The molecular weight excluding hydrogens is 278 g/mol. The predicted octanol–water partition coefficient (Wildman–Crippen LogP) is 2.22. The lowest BCUT2D eigenvalue weighted by Crippen LogP contribution is -2.42. The first-order valence-electron chi connectivity index (χ1n) is 8.51. The van der Waals surface area contributed by atoms with Crippen molar-refractivity contribution in [3.05, 3.63) is 23.7 Å². The Labute approximate surface area is 132 Å². The molecule has 1 aromatic heterocycles. The molecule has 0 aliphatic carbocycles. The second-order valence-electron chi connectivity index (χ2n) is 6.71. The third kappa shape index (κ3) is 3.52. The highest BCUT2D eigenvalue weighted by Gasteiger charge is 2.25. The van der Waals surface area contributed by atoms with Crippen LogP contribution in [0.25, 0.3) is 0 Å². The highest BCUT2D eigenvalue weighted by Crippen LogP contribution is 2.21. The van der Waals surface area contributed by atoms with Crippen molar-refractivity contribution in [1.82, 2.24) is 9.80 Å². The fourth-order valence-electron chi connectivity index (χ4n) is 3.43. The molecule has 5 heteroatoms. The molecule has 3 rings (SSSR count). The van der Waals surface area contributed by atoms with Gasteiger partial charge >= 0.3 is 0 Å². The van der Waals surface area contributed by atoms with Gasteiger partial charge in [-0.15, -0.1) is 0 Å². The summed E-state index contributed by atoms with van der Waals surface area (Å²) in [7, 11) is 0. The maximum Gasteiger partial charge on any atom is 0.289 e. The summed E-state index contributed by atoms with van der Waals surface area (Å²) in [6.45, 7) is 5.66. The largest absolute Gasteiger partial charge is 0.455 e. The van der Waals surface area contributed by atoms with Gasteiger partial charge in [0.25, 0.3) is 5.91 Å². The van der Waals surface area contributed by atoms with Crippen LogP contribution >= 0.6 is 0 Å². The van der Waals surface area contributed by atoms with Crippen LogP contribution < -0.4 is 5.73 Å². The van der Waals surface area contributed by atoms with Crippen LogP contribution in [0.4, 0.5) is 0 Å². The summed E-state index contributed by atoms with van der Waals surface area (Å²) in [4.78, 5) is 16.8. The zero-order valence-corrected chi connectivity index (χ0v) is 13.5. The quantitative estimate of drug-likeness (QED) is 0.930. The summed E-state index contributed by atoms with van der Waals surface area (Å²) < 4.78 is 5.81. The Hall–Kier alpha value is -1.33. The van der Waals surface area contributed by atoms with Gasteiger partial charge in [0.2, 0.25) is 0 Å². The Morgan fingerprint density at radius 2 is 2.00 bits per heavy atom. The van der Waals surface area contributed by atoms with Crippen molar-refractivity contribution in [2.45, 2.75) is 57.7 Å². The topological polar surface area (TPSA) is 62.7 Å². The van der Waals surface area contributed by atoms with E-state index in [1.54, 1.807) is 0 Å². The first-order valence-corrected chi connectivity index (χ1v) is 8.51. The Bertz CT molecular complexity index is 506. The number of carbonyl (C=O) groups excluding carboxylic acids is 1. The van der Waals surface area contributed by atoms with Crippen molar-refractivity contribution in [2.75, 3.05) is 19.6 Å². The van der Waals surface area contributed by atoms with Gasteiger partial charge in [-0.3, -0.25) is 9.69 Å². The van der Waals surface area contributed by atoms with E-state index in [2.05, 4.69) is 11.8 Å². The number of rotatable bonds is 3. The monoisotopic (exact) mass is 305 g/mol. The van der Waals surface area contributed by atoms with Gasteiger partial charge in [-0.25, -0.2) is 0 Å². The van der Waals surface area contributed by atoms with Crippen molar-refractivity contribution in [2.24, 2.45) is 5.73 Å². The Kier molecular flexibility index (Phi) is 4.84. The maximum absolute atomic E-state index is 12.5. The number of nitrogens with two attached hydrogens (primary N) is 1. The SMILES string of the molecule is CC1CCCCN1Cc1ccc(C(=O)N2CCC(N)CC2)o1. The van der Waals surface area contributed by atoms with Gasteiger partial charge in [0.05, 0.1) is 6.54 Å². The number of hydrogen-bond donors (Lipinski definition) is 1. The molecule has 2 fully saturated rings. The highest BCUT2D eigenvalue weighted by molar-refractivity contribution is 5.91. The van der Waals surface area contributed by atoms with E-state index in [9.17, 15) is 4.79 Å². The third-order valence-corrected chi connectivity index (χ3v) is 5.00. The number of hydrogen-bond acceptors (Lipinski definition) is 4. The molecule has 0 radical (unpaired) electrons. The van der Waals surface area contributed by atoms with E-state index < -0.39 is 0 Å². The van der Waals surface area contributed by atoms with E-state index in [4.69, 9.17) is 10.2 Å². The van der Waals surface area contributed by atoms with Crippen molar-refractivity contribution in [3.63, 3.8) is 0 Å². The van der Waals surface area contributed by atoms with Gasteiger partial charge < -0.3 is 15.1 Å². The van der Waals surface area contributed by atoms with Crippen LogP contribution in [-0.4, -0.2) is 47.4 Å². The first kappa shape index (κ1) is 15.6. The van der Waals surface area contributed by atoms with E-state index in [1.165, 1.54) is 19.3 Å². The number of likely N-dealkylation sites (tertiary alicyclic amines) is 2. The summed E-state index contributed by atoms with van der Waals surface area (Å²) in [5.74, 6) is 1.37. The minimum atomic E-state index is 0.00448. The molecule has 0 spiro atoms. The predicted molar refractivity (Wildman–Crippen MR) is 85.5 cm³/mol. The molecule has 22 heavy (non-hydrogen) atoms. The minimum absolute atomic E-state index is 0.00448. The fraction of sp³-hybridized carbons (Fsp3) is 0.706. The van der Waals surface area contributed by atoms with Crippen LogP contribution in [0.5, 0.6) is 0 Å². The van der Waals surface area contributed by atoms with E-state index >= 15 is 0 Å². The zero-order chi connectivity index (χ0) is 15.5. The molecule has 5 nitrogen and oxygen atoms in total. The third-order valence-electron chi connectivity index (χ3n) is 5.00. The van der Waals surface area contributed by atoms with Gasteiger partial charge in [-0.1, -0.05) is 6.42 Å². The summed E-state index contributed by atoms with van der Waals surface area (Å²) in [6, 6.07) is 4.60. The fourth-order valence-corrected chi connectivity index (χ4v) is 3.43. The summed E-state index contributed by atoms with van der Waals surface area (Å²) in [5.41, 5.74) is 5.89. The molecule has 1 aromatic rings. The Morgan fingerprint density at radius 3 is 2.73 bits per heavy atom. The molecule has 2 saturated heterocycles. The molecule has 2 aliphatic heterocycles. The second kappa shape index (κ2) is 6.84. The number of carbonyl (C=O) groups is 1. The van der Waals surface area contributed by atoms with E-state index in [0.717, 1.165) is 44.8 Å². The first-order chi connectivity index (χ1) is 10.6. The minimum Gasteiger partial charge on any atom is -0.455 e. The number of nitrogens with zero attached hydrogens (tertiary/aromatic N) is 2. The maximum atomic E-state index is 12.5. The second-order valence-corrected chi connectivity index (χ2v) is 6.71. The lowest BCUT2D eigenvalue weighted by Gasteiger charge is -2.32. The average Bonchev–Trinajstić information content (AvgIpc) is 2.98. The van der Waals surface area contributed by atoms with E-state index in [0.29, 0.717) is 11.8 Å². The van der Waals surface area contributed by atoms with Crippen molar-refractivity contribution in [3.8, 4) is 0 Å². The molecule has 0 saturated carbocycles. The highest BCUT2D eigenvalue weighted by atomic mass is 16.4. The van der Waals surface area contributed by atoms with Gasteiger partial charge in [0.15, 0.2) is 5.76 Å². The molecule has 1 unspecified atom stereocenters. The average molecular weight is 305 g/mol. The summed E-state index contributed by atoms with van der Waals surface area (Å²) >= 11 is 0. The number of piperidine rings is 2. The van der Waals surface area contributed by atoms with Gasteiger partial charge in [-0.2, -0.15) is 0 Å². The molecule has 2 N–H and O–H groups in total. The van der Waals surface area contributed by atoms with Crippen molar-refractivity contribution >= 4 is 5.91 Å². The summed E-state index contributed by atoms with van der Waals surface area (Å²) in [6.07, 6.45) is 5.58. The molecule has 1 amide bonds. The zero-order valence-electron chi connectivity index (χ0n) is 13.5. The number of furan rings is 1. The van der Waals surface area contributed by atoms with E-state index in [-0.39, 0.29) is 11.9 Å². The lowest BCUT2D eigenvalue weighted by atomic mass is 10.0. The van der Waals surface area contributed by atoms with Gasteiger partial charge in [0.1, 0.15) is 5.76 Å². The van der Waals surface area contributed by atoms with E-state index in [1.807, 2.05) is 17.0 Å². The van der Waals surface area contributed by atoms with Crippen LogP contribution in [0.2, 0.25) is 0 Å².